The van der Waals surface area contributed by atoms with E-state index in [9.17, 15) is 9.90 Å². The molecule has 3 heterocycles. The Kier molecular flexibility index (Phi) is 4.98. The molecule has 0 spiro atoms. The fourth-order valence-electron chi connectivity index (χ4n) is 5.90. The molecule has 1 aromatic heterocycles. The van der Waals surface area contributed by atoms with Crippen LogP contribution in [-0.4, -0.2) is 44.9 Å². The average molecular weight is 431 g/mol. The average Bonchev–Trinajstić information content (AvgIpc) is 3.26. The molecule has 2 aliphatic heterocycles. The number of aromatic nitrogens is 2. The molecule has 2 atom stereocenters. The van der Waals surface area contributed by atoms with Gasteiger partial charge in [-0.15, -0.1) is 0 Å². The van der Waals surface area contributed by atoms with Crippen LogP contribution in [0, 0.1) is 11.8 Å². The molecule has 1 aromatic carbocycles. The highest BCUT2D eigenvalue weighted by molar-refractivity contribution is 6.31. The largest absolute Gasteiger partial charge is 0.386 e. The summed E-state index contributed by atoms with van der Waals surface area (Å²) < 4.78 is 2.00. The zero-order valence-electron chi connectivity index (χ0n) is 17.8. The number of carbonyl (C=O) groups excluding carboxylic acids is 1. The number of piperidine rings is 1. The highest BCUT2D eigenvalue weighted by Crippen LogP contribution is 2.51. The fraction of sp³-hybridized carbons (Fsp3) is 0.652. The van der Waals surface area contributed by atoms with Gasteiger partial charge in [-0.25, -0.2) is 4.79 Å². The lowest BCUT2D eigenvalue weighted by atomic mass is 9.75. The monoisotopic (exact) mass is 430 g/mol. The summed E-state index contributed by atoms with van der Waals surface area (Å²) in [5.74, 6) is 1.02. The molecule has 162 valence electrons. The summed E-state index contributed by atoms with van der Waals surface area (Å²) in [7, 11) is 0. The summed E-state index contributed by atoms with van der Waals surface area (Å²) in [6.45, 7) is 5.81. The molecular formula is C23H31ClN4O2. The van der Waals surface area contributed by atoms with Gasteiger partial charge in [-0.1, -0.05) is 18.5 Å². The maximum absolute atomic E-state index is 12.8. The third-order valence-electron chi connectivity index (χ3n) is 7.91. The zero-order valence-corrected chi connectivity index (χ0v) is 18.5. The van der Waals surface area contributed by atoms with Gasteiger partial charge in [-0.2, -0.15) is 5.10 Å². The number of nitrogens with zero attached hydrogens (tertiary/aromatic N) is 3. The van der Waals surface area contributed by atoms with E-state index < -0.39 is 11.6 Å². The smallest absolute Gasteiger partial charge is 0.317 e. The van der Waals surface area contributed by atoms with Crippen LogP contribution in [0.15, 0.2) is 18.3 Å². The first-order valence-electron chi connectivity index (χ1n) is 11.3. The van der Waals surface area contributed by atoms with Gasteiger partial charge in [0, 0.05) is 35.1 Å². The first-order valence-corrected chi connectivity index (χ1v) is 11.7. The fourth-order valence-corrected chi connectivity index (χ4v) is 6.14. The minimum Gasteiger partial charge on any atom is -0.386 e. The third kappa shape index (κ3) is 3.11. The van der Waals surface area contributed by atoms with Crippen molar-refractivity contribution in [3.05, 3.63) is 28.9 Å². The lowest BCUT2D eigenvalue weighted by Gasteiger charge is -2.43. The van der Waals surface area contributed by atoms with E-state index in [4.69, 9.17) is 11.6 Å². The third-order valence-corrected chi connectivity index (χ3v) is 8.13. The van der Waals surface area contributed by atoms with Gasteiger partial charge in [0.1, 0.15) is 6.10 Å². The lowest BCUT2D eigenvalue weighted by molar-refractivity contribution is -0.0118. The van der Waals surface area contributed by atoms with Crippen LogP contribution in [0.1, 0.15) is 64.0 Å². The Balaban J connectivity index is 1.27. The second-order valence-corrected chi connectivity index (χ2v) is 10.2. The van der Waals surface area contributed by atoms with E-state index in [0.717, 1.165) is 48.1 Å². The van der Waals surface area contributed by atoms with Crippen molar-refractivity contribution in [3.8, 4) is 0 Å². The predicted molar refractivity (Wildman–Crippen MR) is 118 cm³/mol. The van der Waals surface area contributed by atoms with E-state index in [1.54, 1.807) is 0 Å². The number of halogens is 1. The molecule has 7 heteroatoms. The van der Waals surface area contributed by atoms with Gasteiger partial charge in [0.2, 0.25) is 0 Å². The van der Waals surface area contributed by atoms with E-state index in [2.05, 4.69) is 24.3 Å². The number of urea groups is 1. The van der Waals surface area contributed by atoms with Crippen molar-refractivity contribution in [1.29, 1.82) is 0 Å². The molecular weight excluding hydrogens is 400 g/mol. The number of hydrogen-bond donors (Lipinski definition) is 2. The van der Waals surface area contributed by atoms with Crippen LogP contribution in [0.25, 0.3) is 10.9 Å². The number of rotatable bonds is 2. The van der Waals surface area contributed by atoms with Crippen LogP contribution < -0.4 is 5.32 Å². The van der Waals surface area contributed by atoms with E-state index in [-0.39, 0.29) is 11.9 Å². The van der Waals surface area contributed by atoms with Gasteiger partial charge in [0.15, 0.2) is 0 Å². The van der Waals surface area contributed by atoms with Crippen molar-refractivity contribution in [2.45, 2.75) is 70.1 Å². The molecule has 2 fully saturated rings. The minimum absolute atomic E-state index is 0.0710. The Labute approximate surface area is 182 Å². The Morgan fingerprint density at radius 3 is 2.60 bits per heavy atom. The Bertz CT molecular complexity index is 960. The van der Waals surface area contributed by atoms with Gasteiger partial charge >= 0.3 is 6.03 Å². The molecule has 0 bridgehead atoms. The second kappa shape index (κ2) is 7.41. The highest BCUT2D eigenvalue weighted by Gasteiger charge is 2.50. The zero-order chi connectivity index (χ0) is 21.0. The van der Waals surface area contributed by atoms with Crippen LogP contribution in [0.5, 0.6) is 0 Å². The first kappa shape index (κ1) is 20.1. The summed E-state index contributed by atoms with van der Waals surface area (Å²) in [6.07, 6.45) is 7.48. The molecule has 2 N–H and O–H groups in total. The van der Waals surface area contributed by atoms with Gasteiger partial charge in [-0.05, 0) is 69.4 Å². The molecule has 2 aromatic rings. The van der Waals surface area contributed by atoms with Gasteiger partial charge in [0.25, 0.3) is 0 Å². The summed E-state index contributed by atoms with van der Waals surface area (Å²) in [5.41, 5.74) is 1.34. The SMILES string of the molecule is CC1CCC(NC(=O)N2CCC(C3(C)C(O)c4cc(Cl)cc5cnn3c45)CC2)CC1. The molecule has 1 saturated heterocycles. The van der Waals surface area contributed by atoms with Crippen molar-refractivity contribution < 1.29 is 9.90 Å². The van der Waals surface area contributed by atoms with Crippen LogP contribution in [0.4, 0.5) is 4.79 Å². The number of likely N-dealkylation sites (tertiary alicyclic amines) is 1. The quantitative estimate of drug-likeness (QED) is 0.739. The maximum atomic E-state index is 12.8. The topological polar surface area (TPSA) is 70.4 Å². The molecule has 0 radical (unpaired) electrons. The predicted octanol–water partition coefficient (Wildman–Crippen LogP) is 4.45. The van der Waals surface area contributed by atoms with Crippen molar-refractivity contribution in [3.63, 3.8) is 0 Å². The van der Waals surface area contributed by atoms with Crippen LogP contribution in [-0.2, 0) is 5.54 Å². The Morgan fingerprint density at radius 2 is 1.90 bits per heavy atom. The number of benzene rings is 1. The molecule has 30 heavy (non-hydrogen) atoms. The molecule has 2 unspecified atom stereocenters. The normalized spacial score (nSPS) is 32.0. The van der Waals surface area contributed by atoms with Crippen molar-refractivity contribution in [2.24, 2.45) is 11.8 Å². The summed E-state index contributed by atoms with van der Waals surface area (Å²) in [4.78, 5) is 14.7. The van der Waals surface area contributed by atoms with Crippen LogP contribution in [0.3, 0.4) is 0 Å². The minimum atomic E-state index is -0.642. The first-order chi connectivity index (χ1) is 14.4. The van der Waals surface area contributed by atoms with Crippen LogP contribution in [0.2, 0.25) is 5.02 Å². The molecule has 1 saturated carbocycles. The number of carbonyl (C=O) groups is 1. The van der Waals surface area contributed by atoms with Crippen molar-refractivity contribution in [1.82, 2.24) is 20.0 Å². The number of amides is 2. The maximum Gasteiger partial charge on any atom is 0.317 e. The summed E-state index contributed by atoms with van der Waals surface area (Å²) in [5, 5.41) is 20.7. The molecule has 1 aliphatic carbocycles. The standard InChI is InChI=1S/C23H31ClN4O2/c1-14-3-5-18(6-4-14)26-22(30)27-9-7-16(8-10-27)23(2)21(29)19-12-17(24)11-15-13-25-28(23)20(15)19/h11-14,16,18,21,29H,3-10H2,1-2H3,(H,26,30). The van der Waals surface area contributed by atoms with Crippen LogP contribution >= 0.6 is 11.6 Å². The Morgan fingerprint density at radius 1 is 1.20 bits per heavy atom. The molecule has 2 amide bonds. The molecule has 5 rings (SSSR count). The number of hydrogen-bond acceptors (Lipinski definition) is 3. The van der Waals surface area contributed by atoms with Crippen molar-refractivity contribution >= 4 is 28.5 Å². The summed E-state index contributed by atoms with van der Waals surface area (Å²) >= 11 is 6.27. The van der Waals surface area contributed by atoms with E-state index in [1.807, 2.05) is 27.9 Å². The molecule has 3 aliphatic rings. The van der Waals surface area contributed by atoms with Gasteiger partial charge < -0.3 is 15.3 Å². The van der Waals surface area contributed by atoms with E-state index in [0.29, 0.717) is 24.2 Å². The second-order valence-electron chi connectivity index (χ2n) is 9.79. The molecule has 6 nitrogen and oxygen atoms in total. The number of nitrogens with one attached hydrogen (secondary N) is 1. The lowest BCUT2D eigenvalue weighted by Crippen LogP contribution is -2.52. The van der Waals surface area contributed by atoms with E-state index in [1.165, 1.54) is 12.8 Å². The van der Waals surface area contributed by atoms with Gasteiger partial charge in [0.05, 0.1) is 17.3 Å². The summed E-state index contributed by atoms with van der Waals surface area (Å²) in [6, 6.07) is 4.16. The number of aliphatic hydroxyl groups is 1. The highest BCUT2D eigenvalue weighted by atomic mass is 35.5. The van der Waals surface area contributed by atoms with Crippen molar-refractivity contribution in [2.75, 3.05) is 13.1 Å². The van der Waals surface area contributed by atoms with Gasteiger partial charge in [-0.3, -0.25) is 4.68 Å². The van der Waals surface area contributed by atoms with E-state index >= 15 is 0 Å². The number of aliphatic hydroxyl groups excluding tert-OH is 1. The Hall–Kier alpha value is -1.79.